The highest BCUT2D eigenvalue weighted by Gasteiger charge is 2.18. The van der Waals surface area contributed by atoms with Crippen molar-refractivity contribution in [3.63, 3.8) is 0 Å². The zero-order valence-corrected chi connectivity index (χ0v) is 40.5. The molecule has 3 aromatic rings. The van der Waals surface area contributed by atoms with Crippen molar-refractivity contribution in [1.82, 2.24) is 0 Å². The Morgan fingerprint density at radius 3 is 1.82 bits per heavy atom. The second-order valence-corrected chi connectivity index (χ2v) is 13.5. The number of benzene rings is 3. The van der Waals surface area contributed by atoms with Gasteiger partial charge in [-0.1, -0.05) is 137 Å². The average molecular weight is 933 g/mol. The van der Waals surface area contributed by atoms with E-state index in [1.165, 1.54) is 18.2 Å². The van der Waals surface area contributed by atoms with Gasteiger partial charge in [0.05, 0.1) is 0 Å². The van der Waals surface area contributed by atoms with E-state index < -0.39 is 23.7 Å². The lowest BCUT2D eigenvalue weighted by molar-refractivity contribution is -0.146. The van der Waals surface area contributed by atoms with E-state index in [9.17, 15) is 33.6 Å². The molecule has 67 heavy (non-hydrogen) atoms. The van der Waals surface area contributed by atoms with Gasteiger partial charge in [-0.25, -0.2) is 14.4 Å². The molecule has 12 heteroatoms. The number of carbonyl (C=O) groups is 7. The molecule has 0 N–H and O–H groups in total. The monoisotopic (exact) mass is 932 g/mol. The molecule has 0 radical (unpaired) electrons. The number of esters is 3. The third-order valence-corrected chi connectivity index (χ3v) is 8.76. The van der Waals surface area contributed by atoms with Gasteiger partial charge in [-0.3, -0.25) is 19.2 Å². The van der Waals surface area contributed by atoms with Gasteiger partial charge in [-0.2, -0.15) is 0 Å². The summed E-state index contributed by atoms with van der Waals surface area (Å²) in [5, 5.41) is 0. The van der Waals surface area contributed by atoms with Crippen LogP contribution in [0.3, 0.4) is 0 Å². The van der Waals surface area contributed by atoms with Gasteiger partial charge in [0.2, 0.25) is 0 Å². The molecule has 0 atom stereocenters. The summed E-state index contributed by atoms with van der Waals surface area (Å²) in [6.45, 7) is 26.7. The van der Waals surface area contributed by atoms with Crippen molar-refractivity contribution in [3.05, 3.63) is 210 Å². The lowest BCUT2D eigenvalue weighted by atomic mass is 10.0. The van der Waals surface area contributed by atoms with Crippen LogP contribution in [0.5, 0.6) is 5.75 Å². The molecule has 0 fully saturated rings. The first-order valence-corrected chi connectivity index (χ1v) is 22.2. The van der Waals surface area contributed by atoms with E-state index in [4.69, 9.17) is 9.47 Å². The second kappa shape index (κ2) is 40.1. The van der Waals surface area contributed by atoms with E-state index >= 15 is 0 Å². The highest BCUT2D eigenvalue weighted by molar-refractivity contribution is 8.06. The zero-order valence-electron chi connectivity index (χ0n) is 39.7. The first-order valence-electron chi connectivity index (χ1n) is 21.4. The molecule has 1 aliphatic carbocycles. The number of allylic oxidation sites excluding steroid dienone is 10. The van der Waals surface area contributed by atoms with Gasteiger partial charge in [0.25, 0.3) is 12.3 Å². The Balaban J connectivity index is 0. The zero-order chi connectivity index (χ0) is 50.8. The van der Waals surface area contributed by atoms with Crippen LogP contribution in [0.25, 0.3) is 0 Å². The molecule has 11 nitrogen and oxygen atoms in total. The summed E-state index contributed by atoms with van der Waals surface area (Å²) >= 11 is 1.54. The summed E-state index contributed by atoms with van der Waals surface area (Å²) < 4.78 is 19.2. The van der Waals surface area contributed by atoms with Gasteiger partial charge in [-0.15, -0.1) is 19.7 Å². The Morgan fingerprint density at radius 1 is 0.716 bits per heavy atom. The summed E-state index contributed by atoms with van der Waals surface area (Å²) in [6.07, 6.45) is 18.4. The van der Waals surface area contributed by atoms with E-state index in [1.54, 1.807) is 91.5 Å². The minimum Gasteiger partial charge on any atom is -0.459 e. The van der Waals surface area contributed by atoms with Crippen LogP contribution in [0.4, 0.5) is 0 Å². The number of hydrogen-bond donors (Lipinski definition) is 0. The van der Waals surface area contributed by atoms with E-state index in [2.05, 4.69) is 35.8 Å². The minimum atomic E-state index is -0.976. The van der Waals surface area contributed by atoms with Crippen molar-refractivity contribution in [2.24, 2.45) is 0 Å². The predicted octanol–water partition coefficient (Wildman–Crippen LogP) is 12.4. The smallest absolute Gasteiger partial charge is 0.379 e. The molecular formula is C55H64O11S. The van der Waals surface area contributed by atoms with Gasteiger partial charge >= 0.3 is 17.9 Å². The molecule has 3 aromatic carbocycles. The molecule has 0 aromatic heterocycles. The summed E-state index contributed by atoms with van der Waals surface area (Å²) in [6, 6.07) is 23.6. The normalized spacial score (nSPS) is 12.9. The Labute approximate surface area is 401 Å². The Hall–Kier alpha value is -7.44. The molecule has 0 saturated heterocycles. The van der Waals surface area contributed by atoms with Gasteiger partial charge in [0.15, 0.2) is 11.6 Å². The molecular weight excluding hydrogens is 869 g/mol. The fraction of sp³-hybridized carbons (Fsp3) is 0.218. The average Bonchev–Trinajstić information content (AvgIpc) is 3.36. The topological polar surface area (TPSA) is 156 Å². The molecule has 0 spiro atoms. The number of carbonyl (C=O) groups excluding carboxylic acids is 7. The Kier molecular flexibility index (Phi) is 36.9. The summed E-state index contributed by atoms with van der Waals surface area (Å²) in [4.78, 5) is 81.8. The number of rotatable bonds is 18. The maximum atomic E-state index is 12.4. The van der Waals surface area contributed by atoms with Crippen molar-refractivity contribution in [2.45, 2.75) is 67.7 Å². The van der Waals surface area contributed by atoms with Gasteiger partial charge in [-0.05, 0) is 81.0 Å². The van der Waals surface area contributed by atoms with Crippen LogP contribution >= 0.6 is 11.8 Å². The highest BCUT2D eigenvalue weighted by Crippen LogP contribution is 2.33. The first-order chi connectivity index (χ1) is 32.5. The molecule has 356 valence electrons. The van der Waals surface area contributed by atoms with Crippen LogP contribution in [0.2, 0.25) is 0 Å². The summed E-state index contributed by atoms with van der Waals surface area (Å²) in [5.74, 6) is -1.81. The van der Waals surface area contributed by atoms with E-state index in [0.29, 0.717) is 48.4 Å². The quantitative estimate of drug-likeness (QED) is 0.0114. The van der Waals surface area contributed by atoms with Crippen LogP contribution < -0.4 is 4.74 Å². The molecule has 0 bridgehead atoms. The van der Waals surface area contributed by atoms with Crippen LogP contribution in [0.1, 0.15) is 94.0 Å². The van der Waals surface area contributed by atoms with Crippen molar-refractivity contribution in [3.8, 4) is 5.75 Å². The fourth-order valence-corrected chi connectivity index (χ4v) is 5.81. The van der Waals surface area contributed by atoms with Crippen LogP contribution in [-0.4, -0.2) is 54.9 Å². The van der Waals surface area contributed by atoms with E-state index in [0.717, 1.165) is 21.5 Å². The van der Waals surface area contributed by atoms with Crippen molar-refractivity contribution in [1.29, 1.82) is 0 Å². The van der Waals surface area contributed by atoms with Crippen LogP contribution in [0.15, 0.2) is 193 Å². The van der Waals surface area contributed by atoms with Gasteiger partial charge < -0.3 is 18.9 Å². The third-order valence-electron chi connectivity index (χ3n) is 7.70. The third kappa shape index (κ3) is 26.8. The first kappa shape index (κ1) is 61.6. The number of Topliss-reactive ketones (excluding diaryl/α,β-unsaturated/α-hetero) is 2. The molecule has 0 unspecified atom stereocenters. The minimum absolute atomic E-state index is 0.0584. The second-order valence-electron chi connectivity index (χ2n) is 12.2. The highest BCUT2D eigenvalue weighted by atomic mass is 32.2. The van der Waals surface area contributed by atoms with Crippen LogP contribution in [-0.2, 0) is 38.2 Å². The lowest BCUT2D eigenvalue weighted by Gasteiger charge is -2.13. The maximum absolute atomic E-state index is 12.4. The van der Waals surface area contributed by atoms with Crippen molar-refractivity contribution >= 4 is 53.5 Å². The summed E-state index contributed by atoms with van der Waals surface area (Å²) in [7, 11) is 0. The van der Waals surface area contributed by atoms with E-state index in [-0.39, 0.29) is 30.3 Å². The molecule has 0 saturated carbocycles. The SMILES string of the molecule is C/C=C/C(=O)Oc1ccc(C(=O)c2ccccc2)cc1.C=C.C=CC(=O)OCCOC(=O)C(=O)c1ccccc1.C=CCC(=O)/C1=C(S/C(C)=C/C=C\C)/C=C\C(OC=O)=CCC1.CC.CC. The Morgan fingerprint density at radius 2 is 1.28 bits per heavy atom. The van der Waals surface area contributed by atoms with E-state index in [1.807, 2.05) is 90.1 Å². The largest absolute Gasteiger partial charge is 0.459 e. The number of ketones is 3. The lowest BCUT2D eigenvalue weighted by Crippen LogP contribution is -2.20. The molecule has 4 rings (SSSR count). The molecule has 0 amide bonds. The molecule has 0 heterocycles. The number of ether oxygens (including phenoxy) is 4. The van der Waals surface area contributed by atoms with Crippen LogP contribution in [0, 0.1) is 0 Å². The number of hydrogen-bond acceptors (Lipinski definition) is 12. The van der Waals surface area contributed by atoms with Gasteiger partial charge in [0, 0.05) is 45.7 Å². The maximum Gasteiger partial charge on any atom is 0.379 e. The number of thioether (sulfide) groups is 1. The van der Waals surface area contributed by atoms with Gasteiger partial charge in [0.1, 0.15) is 24.7 Å². The molecule has 0 aliphatic heterocycles. The molecule has 1 aliphatic rings. The summed E-state index contributed by atoms with van der Waals surface area (Å²) in [5.41, 5.74) is 2.24. The Bertz CT molecular complexity index is 2190. The fourth-order valence-electron chi connectivity index (χ4n) is 4.84. The van der Waals surface area contributed by atoms with Crippen molar-refractivity contribution < 1.29 is 52.5 Å². The van der Waals surface area contributed by atoms with Crippen molar-refractivity contribution in [2.75, 3.05) is 13.2 Å². The standard InChI is InChI=1S/C19H22O3S.C17H14O3.C13H12O5.2C2H6.C2H4/c1-4-6-9-15(3)23-19-13-12-16(22-14-20)10-7-11-17(19)18(21)8-5-2;1-2-6-16(18)20-15-11-9-14(10-12-15)17(19)13-7-4-3-5-8-13;1-2-11(14)17-8-9-18-13(16)12(15)10-6-4-3-5-7-10;3*1-2/h4-6,9-10,12-14H,2,7-8,11H2,1,3H3;2-12H,1H3;2-7H,1,8-9H2;2*1-2H3;1-2H2/b6-4-,13-12-,15-9+,16-10?,19-17-;6-2+;;;;. The predicted molar refractivity (Wildman–Crippen MR) is 270 cm³/mol.